The summed E-state index contributed by atoms with van der Waals surface area (Å²) in [7, 11) is 0. The van der Waals surface area contributed by atoms with Crippen LogP contribution in [0.5, 0.6) is 0 Å². The Morgan fingerprint density at radius 3 is 2.92 bits per heavy atom. The fraction of sp³-hybridized carbons (Fsp3) is 0.778. The van der Waals surface area contributed by atoms with Crippen LogP contribution in [0.4, 0.5) is 0 Å². The number of nitrogens with zero attached hydrogens (tertiary/aromatic N) is 1. The van der Waals surface area contributed by atoms with Crippen LogP contribution in [0.2, 0.25) is 0 Å². The summed E-state index contributed by atoms with van der Waals surface area (Å²) in [6.45, 7) is 1.55. The van der Waals surface area contributed by atoms with Crippen LogP contribution in [0.3, 0.4) is 0 Å². The van der Waals surface area contributed by atoms with Crippen molar-refractivity contribution >= 4 is 12.1 Å². The quantitative estimate of drug-likeness (QED) is 0.511. The Balaban J connectivity index is 1.67. The zero-order valence-corrected chi connectivity index (χ0v) is 7.53. The SMILES string of the molecule is O=C(N/N=C/C1CCOC1)C1CC1. The molecule has 1 saturated carbocycles. The van der Waals surface area contributed by atoms with Gasteiger partial charge in [-0.3, -0.25) is 4.79 Å². The highest BCUT2D eigenvalue weighted by Gasteiger charge is 2.29. The highest BCUT2D eigenvalue weighted by molar-refractivity contribution is 5.81. The predicted molar refractivity (Wildman–Crippen MR) is 48.3 cm³/mol. The summed E-state index contributed by atoms with van der Waals surface area (Å²) in [5.41, 5.74) is 2.55. The Kier molecular flexibility index (Phi) is 2.59. The maximum atomic E-state index is 11.1. The Labute approximate surface area is 77.3 Å². The van der Waals surface area contributed by atoms with Crippen LogP contribution < -0.4 is 5.43 Å². The number of carbonyl (C=O) groups is 1. The standard InChI is InChI=1S/C9H14N2O2/c12-9(8-1-2-8)11-10-5-7-3-4-13-6-7/h5,7-8H,1-4,6H2,(H,11,12)/b10-5+. The van der Waals surface area contributed by atoms with E-state index in [0.29, 0.717) is 5.92 Å². The van der Waals surface area contributed by atoms with Crippen LogP contribution in [-0.4, -0.2) is 25.3 Å². The van der Waals surface area contributed by atoms with E-state index in [4.69, 9.17) is 4.74 Å². The lowest BCUT2D eigenvalue weighted by atomic mass is 10.1. The average molecular weight is 182 g/mol. The van der Waals surface area contributed by atoms with Crippen molar-refractivity contribution in [1.82, 2.24) is 5.43 Å². The van der Waals surface area contributed by atoms with Gasteiger partial charge in [-0.05, 0) is 19.3 Å². The van der Waals surface area contributed by atoms with Crippen LogP contribution in [-0.2, 0) is 9.53 Å². The summed E-state index contributed by atoms with van der Waals surface area (Å²) < 4.78 is 5.17. The molecule has 0 aromatic rings. The first-order valence-corrected chi connectivity index (χ1v) is 4.77. The van der Waals surface area contributed by atoms with Crippen molar-refractivity contribution in [2.45, 2.75) is 19.3 Å². The average Bonchev–Trinajstić information content (AvgIpc) is 2.86. The molecule has 0 aromatic carbocycles. The Hall–Kier alpha value is -0.900. The maximum Gasteiger partial charge on any atom is 0.243 e. The molecular weight excluding hydrogens is 168 g/mol. The van der Waals surface area contributed by atoms with Gasteiger partial charge in [-0.2, -0.15) is 5.10 Å². The van der Waals surface area contributed by atoms with Crippen molar-refractivity contribution in [3.63, 3.8) is 0 Å². The molecule has 13 heavy (non-hydrogen) atoms. The van der Waals surface area contributed by atoms with Gasteiger partial charge in [0, 0.05) is 24.7 Å². The van der Waals surface area contributed by atoms with Gasteiger partial charge in [-0.15, -0.1) is 0 Å². The van der Waals surface area contributed by atoms with Crippen molar-refractivity contribution in [2.24, 2.45) is 16.9 Å². The Bertz CT molecular complexity index is 218. The van der Waals surface area contributed by atoms with E-state index in [1.807, 2.05) is 0 Å². The van der Waals surface area contributed by atoms with Gasteiger partial charge in [-0.25, -0.2) is 5.43 Å². The van der Waals surface area contributed by atoms with E-state index in [0.717, 1.165) is 32.5 Å². The Morgan fingerprint density at radius 2 is 2.31 bits per heavy atom. The fourth-order valence-corrected chi connectivity index (χ4v) is 1.31. The summed E-state index contributed by atoms with van der Waals surface area (Å²) in [5, 5.41) is 3.91. The molecule has 1 aliphatic carbocycles. The number of carbonyl (C=O) groups excluding carboxylic acids is 1. The Morgan fingerprint density at radius 1 is 1.46 bits per heavy atom. The van der Waals surface area contributed by atoms with E-state index in [9.17, 15) is 4.79 Å². The van der Waals surface area contributed by atoms with Gasteiger partial charge in [0.1, 0.15) is 0 Å². The van der Waals surface area contributed by atoms with Gasteiger partial charge in [0.25, 0.3) is 0 Å². The highest BCUT2D eigenvalue weighted by atomic mass is 16.5. The summed E-state index contributed by atoms with van der Waals surface area (Å²) >= 11 is 0. The van der Waals surface area contributed by atoms with Gasteiger partial charge in [0.15, 0.2) is 0 Å². The number of ether oxygens (including phenoxy) is 1. The van der Waals surface area contributed by atoms with E-state index in [1.54, 1.807) is 6.21 Å². The van der Waals surface area contributed by atoms with E-state index < -0.39 is 0 Å². The third-order valence-corrected chi connectivity index (χ3v) is 2.37. The van der Waals surface area contributed by atoms with Crippen molar-refractivity contribution in [3.05, 3.63) is 0 Å². The van der Waals surface area contributed by atoms with Crippen LogP contribution in [0.25, 0.3) is 0 Å². The number of hydrogen-bond acceptors (Lipinski definition) is 3. The summed E-state index contributed by atoms with van der Waals surface area (Å²) in [6, 6.07) is 0. The number of hydrogen-bond donors (Lipinski definition) is 1. The van der Waals surface area contributed by atoms with E-state index in [2.05, 4.69) is 10.5 Å². The summed E-state index contributed by atoms with van der Waals surface area (Å²) in [4.78, 5) is 11.1. The molecule has 2 fully saturated rings. The molecule has 0 spiro atoms. The molecule has 1 atom stereocenters. The van der Waals surface area contributed by atoms with Crippen molar-refractivity contribution in [3.8, 4) is 0 Å². The van der Waals surface area contributed by atoms with Crippen LogP contribution in [0, 0.1) is 11.8 Å². The molecule has 0 radical (unpaired) electrons. The second kappa shape index (κ2) is 3.87. The molecule has 1 saturated heterocycles. The van der Waals surface area contributed by atoms with Crippen LogP contribution in [0.15, 0.2) is 5.10 Å². The number of amides is 1. The fourth-order valence-electron chi connectivity index (χ4n) is 1.31. The van der Waals surface area contributed by atoms with E-state index in [-0.39, 0.29) is 11.8 Å². The van der Waals surface area contributed by atoms with Gasteiger partial charge < -0.3 is 4.74 Å². The van der Waals surface area contributed by atoms with Gasteiger partial charge in [0.05, 0.1) is 6.61 Å². The lowest BCUT2D eigenvalue weighted by Gasteiger charge is -1.98. The molecule has 1 amide bonds. The minimum absolute atomic E-state index is 0.0650. The first-order valence-electron chi connectivity index (χ1n) is 4.77. The third-order valence-electron chi connectivity index (χ3n) is 2.37. The normalized spacial score (nSPS) is 28.2. The molecule has 4 heteroatoms. The predicted octanol–water partition coefficient (Wildman–Crippen LogP) is 0.535. The molecule has 2 aliphatic rings. The smallest absolute Gasteiger partial charge is 0.243 e. The van der Waals surface area contributed by atoms with Crippen molar-refractivity contribution < 1.29 is 9.53 Å². The maximum absolute atomic E-state index is 11.1. The molecule has 1 N–H and O–H groups in total. The molecule has 1 heterocycles. The van der Waals surface area contributed by atoms with Gasteiger partial charge >= 0.3 is 0 Å². The van der Waals surface area contributed by atoms with Gasteiger partial charge in [-0.1, -0.05) is 0 Å². The molecule has 4 nitrogen and oxygen atoms in total. The third kappa shape index (κ3) is 2.52. The zero-order valence-electron chi connectivity index (χ0n) is 7.53. The zero-order chi connectivity index (χ0) is 9.10. The van der Waals surface area contributed by atoms with Crippen LogP contribution >= 0.6 is 0 Å². The number of hydrazone groups is 1. The topological polar surface area (TPSA) is 50.7 Å². The molecule has 1 unspecified atom stereocenters. The first-order chi connectivity index (χ1) is 6.36. The largest absolute Gasteiger partial charge is 0.381 e. The molecule has 72 valence electrons. The number of nitrogens with one attached hydrogen (secondary N) is 1. The van der Waals surface area contributed by atoms with Gasteiger partial charge in [0.2, 0.25) is 5.91 Å². The van der Waals surface area contributed by atoms with Crippen LogP contribution in [0.1, 0.15) is 19.3 Å². The first kappa shape index (κ1) is 8.69. The lowest BCUT2D eigenvalue weighted by Crippen LogP contribution is -2.19. The van der Waals surface area contributed by atoms with Crippen molar-refractivity contribution in [1.29, 1.82) is 0 Å². The molecule has 0 bridgehead atoms. The summed E-state index contributed by atoms with van der Waals surface area (Å²) in [6.07, 6.45) is 4.85. The highest BCUT2D eigenvalue weighted by Crippen LogP contribution is 2.28. The van der Waals surface area contributed by atoms with Crippen molar-refractivity contribution in [2.75, 3.05) is 13.2 Å². The molecule has 0 aromatic heterocycles. The molecule has 1 aliphatic heterocycles. The van der Waals surface area contributed by atoms with E-state index >= 15 is 0 Å². The molecular formula is C9H14N2O2. The minimum atomic E-state index is 0.0650. The lowest BCUT2D eigenvalue weighted by molar-refractivity contribution is -0.122. The second-order valence-electron chi connectivity index (χ2n) is 3.65. The monoisotopic (exact) mass is 182 g/mol. The minimum Gasteiger partial charge on any atom is -0.381 e. The second-order valence-corrected chi connectivity index (χ2v) is 3.65. The van der Waals surface area contributed by atoms with E-state index in [1.165, 1.54) is 0 Å². The molecule has 2 rings (SSSR count). The summed E-state index contributed by atoms with van der Waals surface area (Å²) in [5.74, 6) is 0.687. The number of rotatable bonds is 3.